The minimum absolute atomic E-state index is 0.0608. The minimum Gasteiger partial charge on any atom is -0.347 e. The molecule has 5 heteroatoms. The van der Waals surface area contributed by atoms with Crippen LogP contribution in [-0.4, -0.2) is 20.8 Å². The van der Waals surface area contributed by atoms with Crippen molar-refractivity contribution in [1.82, 2.24) is 14.7 Å². The van der Waals surface area contributed by atoms with Crippen molar-refractivity contribution in [1.29, 1.82) is 0 Å². The van der Waals surface area contributed by atoms with Gasteiger partial charge in [-0.3, -0.25) is 14.0 Å². The van der Waals surface area contributed by atoms with Crippen LogP contribution in [0.2, 0.25) is 0 Å². The Morgan fingerprint density at radius 1 is 1.23 bits per heavy atom. The summed E-state index contributed by atoms with van der Waals surface area (Å²) in [4.78, 5) is 29.0. The van der Waals surface area contributed by atoms with Crippen molar-refractivity contribution in [2.75, 3.05) is 0 Å². The van der Waals surface area contributed by atoms with Crippen LogP contribution < -0.4 is 10.9 Å². The predicted octanol–water partition coefficient (Wildman–Crippen LogP) is 2.64. The van der Waals surface area contributed by atoms with E-state index in [9.17, 15) is 9.59 Å². The molecule has 5 nitrogen and oxygen atoms in total. The Kier molecular flexibility index (Phi) is 4.09. The zero-order valence-electron chi connectivity index (χ0n) is 13.8. The molecule has 0 aliphatic rings. The second kappa shape index (κ2) is 5.55. The fraction of sp³-hybridized carbons (Fsp3) is 0.471. The number of carbonyl (C=O) groups excluding carboxylic acids is 1. The molecule has 0 fully saturated rings. The molecule has 118 valence electrons. The zero-order chi connectivity index (χ0) is 16.5. The maximum Gasteiger partial charge on any atom is 0.270 e. The van der Waals surface area contributed by atoms with Gasteiger partial charge in [0.2, 0.25) is 0 Å². The number of amides is 1. The monoisotopic (exact) mass is 301 g/mol. The van der Waals surface area contributed by atoms with Crippen molar-refractivity contribution >= 4 is 11.6 Å². The highest BCUT2D eigenvalue weighted by Crippen LogP contribution is 2.26. The van der Waals surface area contributed by atoms with Crippen LogP contribution in [0.25, 0.3) is 5.65 Å². The number of nitrogens with zero attached hydrogens (tertiary/aromatic N) is 2. The van der Waals surface area contributed by atoms with E-state index in [2.05, 4.69) is 31.1 Å². The highest BCUT2D eigenvalue weighted by molar-refractivity contribution is 5.94. The average molecular weight is 301 g/mol. The average Bonchev–Trinajstić information content (AvgIpc) is 2.35. The summed E-state index contributed by atoms with van der Waals surface area (Å²) in [5, 5.41) is 2.94. The maximum absolute atomic E-state index is 12.4. The lowest BCUT2D eigenvalue weighted by atomic mass is 9.81. The zero-order valence-corrected chi connectivity index (χ0v) is 13.8. The summed E-state index contributed by atoms with van der Waals surface area (Å²) in [5.41, 5.74) is -0.0933. The van der Waals surface area contributed by atoms with E-state index >= 15 is 0 Å². The Morgan fingerprint density at radius 2 is 1.91 bits per heavy atom. The van der Waals surface area contributed by atoms with Gasteiger partial charge in [-0.2, -0.15) is 0 Å². The highest BCUT2D eigenvalue weighted by atomic mass is 16.2. The van der Waals surface area contributed by atoms with Gasteiger partial charge in [0.25, 0.3) is 11.5 Å². The third-order valence-electron chi connectivity index (χ3n) is 3.28. The largest absolute Gasteiger partial charge is 0.347 e. The van der Waals surface area contributed by atoms with Gasteiger partial charge < -0.3 is 5.32 Å². The molecule has 2 aromatic heterocycles. The number of pyridine rings is 1. The Balaban J connectivity index is 2.31. The van der Waals surface area contributed by atoms with Gasteiger partial charge in [-0.1, -0.05) is 26.8 Å². The number of fused-ring (bicyclic) bond motifs is 1. The van der Waals surface area contributed by atoms with Crippen molar-refractivity contribution in [3.63, 3.8) is 0 Å². The molecular formula is C17H23N3O2. The molecule has 0 aliphatic carbocycles. The first kappa shape index (κ1) is 16.2. The van der Waals surface area contributed by atoms with Crippen LogP contribution in [0, 0.1) is 5.41 Å². The Hall–Kier alpha value is -2.17. The van der Waals surface area contributed by atoms with E-state index in [-0.39, 0.29) is 22.4 Å². The molecule has 0 unspecified atom stereocenters. The second-order valence-electron chi connectivity index (χ2n) is 7.48. The predicted molar refractivity (Wildman–Crippen MR) is 87.1 cm³/mol. The van der Waals surface area contributed by atoms with Crippen LogP contribution in [0.1, 0.15) is 51.4 Å². The Bertz CT molecular complexity index is 754. The summed E-state index contributed by atoms with van der Waals surface area (Å²) in [6.45, 7) is 10.3. The first-order valence-electron chi connectivity index (χ1n) is 7.38. The molecule has 1 amide bonds. The molecule has 1 N–H and O–H groups in total. The van der Waals surface area contributed by atoms with E-state index in [4.69, 9.17) is 0 Å². The number of hydrogen-bond acceptors (Lipinski definition) is 3. The fourth-order valence-corrected chi connectivity index (χ4v) is 2.93. The van der Waals surface area contributed by atoms with E-state index in [1.165, 1.54) is 10.6 Å². The van der Waals surface area contributed by atoms with Crippen LogP contribution in [0.5, 0.6) is 0 Å². The molecule has 0 atom stereocenters. The van der Waals surface area contributed by atoms with Gasteiger partial charge in [0.15, 0.2) is 0 Å². The lowest BCUT2D eigenvalue weighted by Gasteiger charge is -2.33. The molecule has 2 aromatic rings. The van der Waals surface area contributed by atoms with Gasteiger partial charge in [0, 0.05) is 17.9 Å². The summed E-state index contributed by atoms with van der Waals surface area (Å²) in [7, 11) is 0. The number of aromatic nitrogens is 2. The van der Waals surface area contributed by atoms with Crippen LogP contribution in [0.4, 0.5) is 0 Å². The molecule has 0 radical (unpaired) electrons. The summed E-state index contributed by atoms with van der Waals surface area (Å²) in [6.07, 6.45) is 3.76. The summed E-state index contributed by atoms with van der Waals surface area (Å²) >= 11 is 0. The lowest BCUT2D eigenvalue weighted by Crippen LogP contribution is -2.47. The van der Waals surface area contributed by atoms with Crippen molar-refractivity contribution in [2.45, 2.75) is 46.6 Å². The standard InChI is InChI=1S/C17H23N3O2/c1-16(2,3)11-17(4,5)19-14(21)12-10-18-13-8-6-7-9-20(13)15(12)22/h6-10H,11H2,1-5H3,(H,19,21). The van der Waals surface area contributed by atoms with Gasteiger partial charge in [-0.25, -0.2) is 4.98 Å². The molecular weight excluding hydrogens is 278 g/mol. The third-order valence-corrected chi connectivity index (χ3v) is 3.28. The van der Waals surface area contributed by atoms with Gasteiger partial charge in [0.1, 0.15) is 11.2 Å². The number of hydrogen-bond donors (Lipinski definition) is 1. The molecule has 0 aliphatic heterocycles. The fourth-order valence-electron chi connectivity index (χ4n) is 2.93. The molecule has 0 saturated carbocycles. The van der Waals surface area contributed by atoms with Crippen molar-refractivity contribution in [3.8, 4) is 0 Å². The SMILES string of the molecule is CC(C)(C)CC(C)(C)NC(=O)c1cnc2ccccn2c1=O. The molecule has 2 heterocycles. The van der Waals surface area contributed by atoms with E-state index < -0.39 is 5.54 Å². The molecule has 0 aromatic carbocycles. The van der Waals surface area contributed by atoms with Crippen molar-refractivity contribution in [3.05, 3.63) is 46.5 Å². The van der Waals surface area contributed by atoms with E-state index in [0.29, 0.717) is 5.65 Å². The number of carbonyl (C=O) groups is 1. The summed E-state index contributed by atoms with van der Waals surface area (Å²) in [5.74, 6) is -0.384. The lowest BCUT2D eigenvalue weighted by molar-refractivity contribution is 0.0889. The van der Waals surface area contributed by atoms with E-state index in [0.717, 1.165) is 6.42 Å². The highest BCUT2D eigenvalue weighted by Gasteiger charge is 2.28. The van der Waals surface area contributed by atoms with Gasteiger partial charge in [-0.05, 0) is 37.8 Å². The van der Waals surface area contributed by atoms with Crippen LogP contribution in [0.3, 0.4) is 0 Å². The number of nitrogens with one attached hydrogen (secondary N) is 1. The van der Waals surface area contributed by atoms with Gasteiger partial charge in [0.05, 0.1) is 0 Å². The normalized spacial score (nSPS) is 12.4. The third kappa shape index (κ3) is 3.72. The topological polar surface area (TPSA) is 63.5 Å². The Labute approximate surface area is 130 Å². The van der Waals surface area contributed by atoms with Crippen molar-refractivity contribution in [2.24, 2.45) is 5.41 Å². The Morgan fingerprint density at radius 3 is 2.55 bits per heavy atom. The second-order valence-corrected chi connectivity index (χ2v) is 7.48. The maximum atomic E-state index is 12.4. The van der Waals surface area contributed by atoms with Gasteiger partial charge >= 0.3 is 0 Å². The first-order valence-corrected chi connectivity index (χ1v) is 7.38. The van der Waals surface area contributed by atoms with E-state index in [1.807, 2.05) is 13.8 Å². The minimum atomic E-state index is -0.405. The molecule has 22 heavy (non-hydrogen) atoms. The van der Waals surface area contributed by atoms with Crippen LogP contribution in [-0.2, 0) is 0 Å². The first-order chi connectivity index (χ1) is 10.1. The summed E-state index contributed by atoms with van der Waals surface area (Å²) < 4.78 is 1.38. The van der Waals surface area contributed by atoms with Crippen LogP contribution >= 0.6 is 0 Å². The van der Waals surface area contributed by atoms with Gasteiger partial charge in [-0.15, -0.1) is 0 Å². The summed E-state index contributed by atoms with van der Waals surface area (Å²) in [6, 6.07) is 5.27. The quantitative estimate of drug-likeness (QED) is 0.948. The number of rotatable bonds is 3. The van der Waals surface area contributed by atoms with E-state index in [1.54, 1.807) is 24.4 Å². The molecule has 2 rings (SSSR count). The van der Waals surface area contributed by atoms with Crippen LogP contribution in [0.15, 0.2) is 35.4 Å². The molecule has 0 saturated heterocycles. The van der Waals surface area contributed by atoms with Crippen molar-refractivity contribution < 1.29 is 4.79 Å². The molecule has 0 spiro atoms. The molecule has 0 bridgehead atoms. The smallest absolute Gasteiger partial charge is 0.270 e.